The van der Waals surface area contributed by atoms with Crippen LogP contribution in [0, 0.1) is 0 Å². The molecule has 1 fully saturated rings. The average molecular weight is 322 g/mol. The third kappa shape index (κ3) is 3.16. The molecular formula is C13H17F3N2O2S. The van der Waals surface area contributed by atoms with Gasteiger partial charge in [0.2, 0.25) is 0 Å². The molecule has 0 spiro atoms. The van der Waals surface area contributed by atoms with Gasteiger partial charge in [-0.05, 0) is 38.1 Å². The second kappa shape index (κ2) is 5.49. The molecule has 1 saturated heterocycles. The monoisotopic (exact) mass is 322 g/mol. The van der Waals surface area contributed by atoms with Gasteiger partial charge >= 0.3 is 5.51 Å². The Morgan fingerprint density at radius 2 is 1.76 bits per heavy atom. The molecule has 2 atom stereocenters. The summed E-state index contributed by atoms with van der Waals surface area (Å²) in [6.07, 6.45) is 0. The van der Waals surface area contributed by atoms with Crippen molar-refractivity contribution in [3.63, 3.8) is 0 Å². The van der Waals surface area contributed by atoms with Crippen molar-refractivity contribution in [2.75, 3.05) is 18.0 Å². The Kier molecular flexibility index (Phi) is 4.21. The summed E-state index contributed by atoms with van der Waals surface area (Å²) in [4.78, 5) is 1.32. The molecule has 2 rings (SSSR count). The lowest BCUT2D eigenvalue weighted by Gasteiger charge is -2.39. The maximum absolute atomic E-state index is 12.5. The zero-order valence-corrected chi connectivity index (χ0v) is 12.5. The molecule has 118 valence electrons. The number of halogens is 3. The average Bonchev–Trinajstić information content (AvgIpc) is 2.40. The van der Waals surface area contributed by atoms with Crippen molar-refractivity contribution >= 4 is 15.5 Å². The fraction of sp³-hybridized carbons (Fsp3) is 0.538. The van der Waals surface area contributed by atoms with Crippen LogP contribution < -0.4 is 10.2 Å². The number of piperazine rings is 1. The fourth-order valence-electron chi connectivity index (χ4n) is 2.33. The van der Waals surface area contributed by atoms with Crippen LogP contribution in [0.5, 0.6) is 0 Å². The summed E-state index contributed by atoms with van der Waals surface area (Å²) < 4.78 is 60.1. The second-order valence-corrected chi connectivity index (χ2v) is 7.19. The van der Waals surface area contributed by atoms with E-state index in [2.05, 4.69) is 5.32 Å². The summed E-state index contributed by atoms with van der Waals surface area (Å²) in [5.41, 5.74) is -4.55. The molecule has 0 aliphatic carbocycles. The number of rotatable bonds is 2. The lowest BCUT2D eigenvalue weighted by Crippen LogP contribution is -2.54. The summed E-state index contributed by atoms with van der Waals surface area (Å²) in [6, 6.07) is 5.32. The number of sulfone groups is 1. The molecule has 21 heavy (non-hydrogen) atoms. The molecule has 1 N–H and O–H groups in total. The SMILES string of the molecule is CC1CN(c2ccc(S(=O)(=O)C(F)(F)F)cc2)C(C)CN1. The molecule has 0 aromatic heterocycles. The van der Waals surface area contributed by atoms with Crippen molar-refractivity contribution in [3.8, 4) is 0 Å². The molecule has 1 aromatic carbocycles. The van der Waals surface area contributed by atoms with Crippen molar-refractivity contribution in [1.82, 2.24) is 5.32 Å². The van der Waals surface area contributed by atoms with Gasteiger partial charge in [0.05, 0.1) is 4.90 Å². The van der Waals surface area contributed by atoms with Gasteiger partial charge in [0.25, 0.3) is 9.84 Å². The molecular weight excluding hydrogens is 305 g/mol. The zero-order chi connectivity index (χ0) is 15.8. The highest BCUT2D eigenvalue weighted by Crippen LogP contribution is 2.31. The summed E-state index contributed by atoms with van der Waals surface area (Å²) in [6.45, 7) is 5.50. The highest BCUT2D eigenvalue weighted by Gasteiger charge is 2.46. The maximum Gasteiger partial charge on any atom is 0.501 e. The summed E-state index contributed by atoms with van der Waals surface area (Å²) in [7, 11) is -5.28. The Bertz CT molecular complexity index is 599. The van der Waals surface area contributed by atoms with Crippen molar-refractivity contribution in [1.29, 1.82) is 0 Å². The van der Waals surface area contributed by atoms with Crippen LogP contribution in [-0.2, 0) is 9.84 Å². The van der Waals surface area contributed by atoms with Crippen molar-refractivity contribution in [3.05, 3.63) is 24.3 Å². The van der Waals surface area contributed by atoms with Crippen molar-refractivity contribution in [2.45, 2.75) is 36.3 Å². The van der Waals surface area contributed by atoms with Crippen LogP contribution in [0.2, 0.25) is 0 Å². The molecule has 2 unspecified atom stereocenters. The third-order valence-corrected chi connectivity index (χ3v) is 5.05. The Hall–Kier alpha value is -1.28. The molecule has 8 heteroatoms. The van der Waals surface area contributed by atoms with Crippen LogP contribution in [0.1, 0.15) is 13.8 Å². The summed E-state index contributed by atoms with van der Waals surface area (Å²) in [5, 5.41) is 3.30. The minimum Gasteiger partial charge on any atom is -0.366 e. The van der Waals surface area contributed by atoms with E-state index in [0.717, 1.165) is 24.4 Å². The van der Waals surface area contributed by atoms with E-state index in [-0.39, 0.29) is 12.1 Å². The number of alkyl halides is 3. The van der Waals surface area contributed by atoms with Gasteiger partial charge in [0.1, 0.15) is 0 Å². The fourth-order valence-corrected chi connectivity index (χ4v) is 3.09. The number of anilines is 1. The maximum atomic E-state index is 12.5. The number of hydrogen-bond acceptors (Lipinski definition) is 4. The lowest BCUT2D eigenvalue weighted by molar-refractivity contribution is -0.0436. The summed E-state index contributed by atoms with van der Waals surface area (Å²) >= 11 is 0. The highest BCUT2D eigenvalue weighted by atomic mass is 32.2. The lowest BCUT2D eigenvalue weighted by atomic mass is 10.1. The van der Waals surface area contributed by atoms with Gasteiger partial charge in [-0.2, -0.15) is 13.2 Å². The van der Waals surface area contributed by atoms with Gasteiger partial charge in [0, 0.05) is 30.9 Å². The predicted octanol–water partition coefficient (Wildman–Crippen LogP) is 2.17. The third-order valence-electron chi connectivity index (χ3n) is 3.55. The van der Waals surface area contributed by atoms with E-state index in [9.17, 15) is 21.6 Å². The van der Waals surface area contributed by atoms with Gasteiger partial charge in [-0.3, -0.25) is 0 Å². The minimum atomic E-state index is -5.28. The first-order valence-corrected chi connectivity index (χ1v) is 8.02. The molecule has 0 saturated carbocycles. The molecule has 1 heterocycles. The van der Waals surface area contributed by atoms with E-state index in [1.165, 1.54) is 12.1 Å². The largest absolute Gasteiger partial charge is 0.501 e. The molecule has 1 aliphatic heterocycles. The van der Waals surface area contributed by atoms with Crippen molar-refractivity contribution in [2.24, 2.45) is 0 Å². The van der Waals surface area contributed by atoms with E-state index >= 15 is 0 Å². The topological polar surface area (TPSA) is 49.4 Å². The highest BCUT2D eigenvalue weighted by molar-refractivity contribution is 7.92. The van der Waals surface area contributed by atoms with E-state index in [1.807, 2.05) is 18.7 Å². The smallest absolute Gasteiger partial charge is 0.366 e. The molecule has 1 aromatic rings. The molecule has 0 bridgehead atoms. The van der Waals surface area contributed by atoms with E-state index in [1.54, 1.807) is 0 Å². The van der Waals surface area contributed by atoms with E-state index in [0.29, 0.717) is 6.54 Å². The first kappa shape index (κ1) is 16.1. The van der Waals surface area contributed by atoms with E-state index < -0.39 is 20.2 Å². The van der Waals surface area contributed by atoms with Gasteiger partial charge < -0.3 is 10.2 Å². The molecule has 0 amide bonds. The second-order valence-electron chi connectivity index (χ2n) is 5.25. The van der Waals surface area contributed by atoms with E-state index in [4.69, 9.17) is 0 Å². The zero-order valence-electron chi connectivity index (χ0n) is 11.7. The number of nitrogens with one attached hydrogen (secondary N) is 1. The minimum absolute atomic E-state index is 0.186. The van der Waals surface area contributed by atoms with Crippen LogP contribution in [0.25, 0.3) is 0 Å². The first-order valence-electron chi connectivity index (χ1n) is 6.54. The van der Waals surface area contributed by atoms with Crippen LogP contribution in [-0.4, -0.2) is 39.1 Å². The number of hydrogen-bond donors (Lipinski definition) is 1. The Morgan fingerprint density at radius 3 is 2.29 bits per heavy atom. The Balaban J connectivity index is 2.27. The number of nitrogens with zero attached hydrogens (tertiary/aromatic N) is 1. The standard InChI is InChI=1S/C13H17F3N2O2S/c1-9-8-18(10(2)7-17-9)11-3-5-12(6-4-11)21(19,20)13(14,15)16/h3-6,9-10,17H,7-8H2,1-2H3. The van der Waals surface area contributed by atoms with Gasteiger partial charge in [-0.25, -0.2) is 8.42 Å². The van der Waals surface area contributed by atoms with Crippen LogP contribution >= 0.6 is 0 Å². The van der Waals surface area contributed by atoms with Gasteiger partial charge in [-0.15, -0.1) is 0 Å². The number of benzene rings is 1. The Labute approximate surface area is 121 Å². The first-order chi connectivity index (χ1) is 9.63. The summed E-state index contributed by atoms with van der Waals surface area (Å²) in [5.74, 6) is 0. The molecule has 1 aliphatic rings. The van der Waals surface area contributed by atoms with Crippen LogP contribution in [0.15, 0.2) is 29.2 Å². The Morgan fingerprint density at radius 1 is 1.19 bits per heavy atom. The molecule has 4 nitrogen and oxygen atoms in total. The van der Waals surface area contributed by atoms with Crippen LogP contribution in [0.4, 0.5) is 18.9 Å². The van der Waals surface area contributed by atoms with Gasteiger partial charge in [-0.1, -0.05) is 0 Å². The predicted molar refractivity (Wildman–Crippen MR) is 74.0 cm³/mol. The van der Waals surface area contributed by atoms with Gasteiger partial charge in [0.15, 0.2) is 0 Å². The molecule has 0 radical (unpaired) electrons. The van der Waals surface area contributed by atoms with Crippen molar-refractivity contribution < 1.29 is 21.6 Å². The van der Waals surface area contributed by atoms with Crippen LogP contribution in [0.3, 0.4) is 0 Å². The quantitative estimate of drug-likeness (QED) is 0.907. The normalized spacial score (nSPS) is 24.1.